The zero-order valence-electron chi connectivity index (χ0n) is 19.5. The lowest BCUT2D eigenvalue weighted by Crippen LogP contribution is -2.61. The molecule has 4 rings (SSSR count). The number of hydrogen-bond donors (Lipinski definition) is 1. The highest BCUT2D eigenvalue weighted by Gasteiger charge is 2.52. The van der Waals surface area contributed by atoms with Crippen molar-refractivity contribution in [1.29, 1.82) is 0 Å². The van der Waals surface area contributed by atoms with E-state index in [0.29, 0.717) is 24.9 Å². The number of hydrogen-bond acceptors (Lipinski definition) is 6. The fraction of sp³-hybridized carbons (Fsp3) is 0.792. The van der Waals surface area contributed by atoms with Crippen LogP contribution in [0.1, 0.15) is 49.8 Å². The molecule has 2 aliphatic heterocycles. The minimum atomic E-state index is -0.250. The third kappa shape index (κ3) is 5.10. The van der Waals surface area contributed by atoms with Crippen LogP contribution in [0, 0.1) is 25.2 Å². The topological polar surface area (TPSA) is 70.6 Å². The van der Waals surface area contributed by atoms with Gasteiger partial charge >= 0.3 is 0 Å². The van der Waals surface area contributed by atoms with E-state index in [9.17, 15) is 4.79 Å². The maximum atomic E-state index is 13.6. The van der Waals surface area contributed by atoms with Gasteiger partial charge in [0.2, 0.25) is 5.91 Å². The van der Waals surface area contributed by atoms with Gasteiger partial charge in [0.1, 0.15) is 5.82 Å². The number of carbonyl (C=O) groups excluding carboxylic acids is 1. The van der Waals surface area contributed by atoms with Crippen molar-refractivity contribution in [1.82, 2.24) is 25.1 Å². The summed E-state index contributed by atoms with van der Waals surface area (Å²) in [5.41, 5.74) is 1.72. The summed E-state index contributed by atoms with van der Waals surface area (Å²) >= 11 is 0. The predicted octanol–water partition coefficient (Wildman–Crippen LogP) is 1.97. The zero-order chi connectivity index (χ0) is 21.8. The van der Waals surface area contributed by atoms with Crippen LogP contribution in [-0.2, 0) is 16.0 Å². The van der Waals surface area contributed by atoms with Crippen LogP contribution >= 0.6 is 0 Å². The van der Waals surface area contributed by atoms with Crippen molar-refractivity contribution in [2.45, 2.75) is 58.9 Å². The van der Waals surface area contributed by atoms with Crippen LogP contribution in [0.5, 0.6) is 0 Å². The van der Waals surface area contributed by atoms with Gasteiger partial charge in [0.15, 0.2) is 0 Å². The smallest absolute Gasteiger partial charge is 0.227 e. The Morgan fingerprint density at radius 2 is 1.94 bits per heavy atom. The molecule has 1 aromatic heterocycles. The van der Waals surface area contributed by atoms with E-state index in [-0.39, 0.29) is 11.3 Å². The summed E-state index contributed by atoms with van der Waals surface area (Å²) in [6.07, 6.45) is 5.06. The van der Waals surface area contributed by atoms with Crippen LogP contribution < -0.4 is 5.32 Å². The molecular formula is C24H39N5O2. The van der Waals surface area contributed by atoms with Gasteiger partial charge in [0.05, 0.1) is 18.6 Å². The first kappa shape index (κ1) is 22.6. The van der Waals surface area contributed by atoms with E-state index < -0.39 is 0 Å². The van der Waals surface area contributed by atoms with Gasteiger partial charge in [0, 0.05) is 50.0 Å². The minimum Gasteiger partial charge on any atom is -0.379 e. The average molecular weight is 430 g/mol. The number of morpholine rings is 1. The van der Waals surface area contributed by atoms with Crippen molar-refractivity contribution >= 4 is 5.91 Å². The molecule has 7 heteroatoms. The van der Waals surface area contributed by atoms with Crippen molar-refractivity contribution in [3.8, 4) is 0 Å². The highest BCUT2D eigenvalue weighted by Crippen LogP contribution is 2.47. The summed E-state index contributed by atoms with van der Waals surface area (Å²) in [6.45, 7) is 13.6. The van der Waals surface area contributed by atoms with E-state index in [1.54, 1.807) is 0 Å². The first-order chi connectivity index (χ1) is 15.0. The van der Waals surface area contributed by atoms with E-state index in [2.05, 4.69) is 32.0 Å². The highest BCUT2D eigenvalue weighted by atomic mass is 16.5. The molecule has 1 N–H and O–H groups in total. The quantitative estimate of drug-likeness (QED) is 0.746. The predicted molar refractivity (Wildman–Crippen MR) is 121 cm³/mol. The first-order valence-electron chi connectivity index (χ1n) is 12.1. The van der Waals surface area contributed by atoms with Crippen LogP contribution in [0.25, 0.3) is 0 Å². The molecule has 0 spiro atoms. The van der Waals surface area contributed by atoms with Gasteiger partial charge in [-0.2, -0.15) is 0 Å². The van der Waals surface area contributed by atoms with Gasteiger partial charge in [0.25, 0.3) is 0 Å². The molecule has 0 radical (unpaired) electrons. The normalized spacial score (nSPS) is 30.0. The van der Waals surface area contributed by atoms with Gasteiger partial charge in [-0.05, 0) is 64.6 Å². The van der Waals surface area contributed by atoms with Crippen LogP contribution in [0.3, 0.4) is 0 Å². The number of likely N-dealkylation sites (tertiary alicyclic amines) is 1. The van der Waals surface area contributed by atoms with Crippen molar-refractivity contribution < 1.29 is 9.53 Å². The zero-order valence-corrected chi connectivity index (χ0v) is 19.5. The highest BCUT2D eigenvalue weighted by molar-refractivity contribution is 5.83. The molecule has 0 aromatic carbocycles. The van der Waals surface area contributed by atoms with Crippen molar-refractivity contribution in [2.24, 2.45) is 11.3 Å². The maximum Gasteiger partial charge on any atom is 0.227 e. The molecule has 31 heavy (non-hydrogen) atoms. The van der Waals surface area contributed by atoms with Gasteiger partial charge in [-0.15, -0.1) is 0 Å². The van der Waals surface area contributed by atoms with Crippen LogP contribution in [0.4, 0.5) is 0 Å². The number of nitrogens with one attached hydrogen (secondary N) is 1. The Hall–Kier alpha value is -1.57. The Kier molecular flexibility index (Phi) is 7.24. The minimum absolute atomic E-state index is 0.250. The molecule has 3 aliphatic rings. The SMILES string of the molecule is CCN1CC[C@@H]2C[C@@H](N3CCOCC3)CC[C@@]2(C(=O)NCCc2nc(C)cc(C)n2)C1. The fourth-order valence-electron chi connectivity index (χ4n) is 6.01. The van der Waals surface area contributed by atoms with Gasteiger partial charge in [-0.25, -0.2) is 9.97 Å². The number of fused-ring (bicyclic) bond motifs is 1. The van der Waals surface area contributed by atoms with Crippen LogP contribution in [0.15, 0.2) is 6.07 Å². The Bertz CT molecular complexity index is 746. The summed E-state index contributed by atoms with van der Waals surface area (Å²) < 4.78 is 5.56. The number of aromatic nitrogens is 2. The summed E-state index contributed by atoms with van der Waals surface area (Å²) in [4.78, 5) is 27.7. The Labute approximate surface area is 186 Å². The molecule has 0 bridgehead atoms. The van der Waals surface area contributed by atoms with E-state index >= 15 is 0 Å². The van der Waals surface area contributed by atoms with E-state index in [0.717, 1.165) is 88.8 Å². The standard InChI is InChI=1S/C24H39N5O2/c1-4-28-10-7-20-16-21(29-11-13-31-14-12-29)5-8-24(20,17-28)23(30)25-9-6-22-26-18(2)15-19(3)27-22/h15,20-21H,4-14,16-17H2,1-3H3,(H,25,30)/t20-,21+,24-/m1/s1. The Morgan fingerprint density at radius 3 is 2.65 bits per heavy atom. The lowest BCUT2D eigenvalue weighted by Gasteiger charge is -2.53. The molecule has 1 aliphatic carbocycles. The molecule has 1 saturated carbocycles. The van der Waals surface area contributed by atoms with Gasteiger partial charge in [-0.3, -0.25) is 9.69 Å². The summed E-state index contributed by atoms with van der Waals surface area (Å²) in [6, 6.07) is 2.59. The van der Waals surface area contributed by atoms with Crippen molar-refractivity contribution in [3.63, 3.8) is 0 Å². The molecule has 1 amide bonds. The summed E-state index contributed by atoms with van der Waals surface area (Å²) in [5, 5.41) is 3.29. The molecule has 0 unspecified atom stereocenters. The molecule has 172 valence electrons. The van der Waals surface area contributed by atoms with E-state index in [1.807, 2.05) is 19.9 Å². The molecule has 7 nitrogen and oxygen atoms in total. The monoisotopic (exact) mass is 429 g/mol. The lowest BCUT2D eigenvalue weighted by atomic mass is 9.61. The van der Waals surface area contributed by atoms with E-state index in [4.69, 9.17) is 4.74 Å². The fourth-order valence-corrected chi connectivity index (χ4v) is 6.01. The Balaban J connectivity index is 1.41. The molecule has 3 atom stereocenters. The Morgan fingerprint density at radius 1 is 1.19 bits per heavy atom. The summed E-state index contributed by atoms with van der Waals surface area (Å²) in [5.74, 6) is 1.54. The largest absolute Gasteiger partial charge is 0.379 e. The van der Waals surface area contributed by atoms with Gasteiger partial charge < -0.3 is 15.0 Å². The van der Waals surface area contributed by atoms with Crippen molar-refractivity contribution in [2.75, 3.05) is 52.5 Å². The number of rotatable bonds is 6. The molecule has 3 fully saturated rings. The number of carbonyl (C=O) groups is 1. The average Bonchev–Trinajstić information content (AvgIpc) is 2.78. The lowest BCUT2D eigenvalue weighted by molar-refractivity contribution is -0.144. The van der Waals surface area contributed by atoms with Crippen LogP contribution in [-0.4, -0.2) is 84.2 Å². The number of piperidine rings is 1. The number of aryl methyl sites for hydroxylation is 2. The molecule has 1 aromatic rings. The third-order valence-electron chi connectivity index (χ3n) is 7.69. The second-order valence-electron chi connectivity index (χ2n) is 9.66. The van der Waals surface area contributed by atoms with E-state index in [1.165, 1.54) is 0 Å². The number of amides is 1. The molecular weight excluding hydrogens is 390 g/mol. The molecule has 2 saturated heterocycles. The van der Waals surface area contributed by atoms with Gasteiger partial charge in [-0.1, -0.05) is 6.92 Å². The number of nitrogens with zero attached hydrogens (tertiary/aromatic N) is 4. The second kappa shape index (κ2) is 9.92. The maximum absolute atomic E-state index is 13.6. The third-order valence-corrected chi connectivity index (χ3v) is 7.69. The first-order valence-corrected chi connectivity index (χ1v) is 12.1. The number of ether oxygens (including phenoxy) is 1. The van der Waals surface area contributed by atoms with Crippen molar-refractivity contribution in [3.05, 3.63) is 23.3 Å². The summed E-state index contributed by atoms with van der Waals surface area (Å²) in [7, 11) is 0. The molecule has 3 heterocycles. The second-order valence-corrected chi connectivity index (χ2v) is 9.66. The van der Waals surface area contributed by atoms with Crippen LogP contribution in [0.2, 0.25) is 0 Å².